The van der Waals surface area contributed by atoms with Crippen LogP contribution in [0.2, 0.25) is 0 Å². The van der Waals surface area contributed by atoms with Crippen molar-refractivity contribution < 1.29 is 38.8 Å². The Kier molecular flexibility index (Phi) is 7.60. The fourth-order valence-corrected chi connectivity index (χ4v) is 1.80. The number of hydrogen-bond donors (Lipinski definition) is 2. The first kappa shape index (κ1) is 19.9. The van der Waals surface area contributed by atoms with Crippen molar-refractivity contribution in [3.63, 3.8) is 0 Å². The van der Waals surface area contributed by atoms with Gasteiger partial charge in [-0.25, -0.2) is 9.59 Å². The lowest BCUT2D eigenvalue weighted by Gasteiger charge is -2.19. The lowest BCUT2D eigenvalue weighted by Crippen LogP contribution is -2.30. The van der Waals surface area contributed by atoms with Crippen molar-refractivity contribution in [3.05, 3.63) is 24.3 Å². The highest BCUT2D eigenvalue weighted by atomic mass is 16.6. The number of aliphatic hydroxyl groups is 2. The third-order valence-corrected chi connectivity index (χ3v) is 3.21. The zero-order chi connectivity index (χ0) is 18.3. The molecule has 0 aliphatic carbocycles. The van der Waals surface area contributed by atoms with Gasteiger partial charge in [0, 0.05) is 12.2 Å². The van der Waals surface area contributed by atoms with Gasteiger partial charge in [-0.05, 0) is 32.9 Å². The smallest absolute Gasteiger partial charge is 0.330 e. The van der Waals surface area contributed by atoms with E-state index in [0.29, 0.717) is 0 Å². The summed E-state index contributed by atoms with van der Waals surface area (Å²) in [5.41, 5.74) is 0. The minimum absolute atomic E-state index is 0.193. The van der Waals surface area contributed by atoms with E-state index in [2.05, 4.69) is 0 Å². The maximum atomic E-state index is 11.7. The Labute approximate surface area is 139 Å². The van der Waals surface area contributed by atoms with Crippen LogP contribution in [-0.2, 0) is 28.6 Å². The van der Waals surface area contributed by atoms with E-state index in [1.807, 2.05) is 0 Å². The third kappa shape index (κ3) is 6.93. The van der Waals surface area contributed by atoms with Crippen LogP contribution in [0.15, 0.2) is 24.3 Å². The molecule has 0 radical (unpaired) electrons. The van der Waals surface area contributed by atoms with E-state index in [0.717, 1.165) is 24.3 Å². The van der Waals surface area contributed by atoms with E-state index in [-0.39, 0.29) is 6.42 Å². The van der Waals surface area contributed by atoms with Crippen molar-refractivity contribution in [2.45, 2.75) is 57.7 Å². The van der Waals surface area contributed by atoms with Crippen molar-refractivity contribution >= 4 is 17.9 Å². The first-order valence-electron chi connectivity index (χ1n) is 7.52. The first-order valence-corrected chi connectivity index (χ1v) is 7.52. The molecule has 0 aromatic rings. The fourth-order valence-electron chi connectivity index (χ4n) is 1.80. The van der Waals surface area contributed by atoms with Crippen LogP contribution in [0, 0.1) is 0 Å². The zero-order valence-electron chi connectivity index (χ0n) is 13.7. The molecule has 2 N–H and O–H groups in total. The largest absolute Gasteiger partial charge is 0.459 e. The Bertz CT molecular complexity index is 524. The summed E-state index contributed by atoms with van der Waals surface area (Å²) in [4.78, 5) is 34.9. The second-order valence-corrected chi connectivity index (χ2v) is 5.49. The molecule has 5 unspecified atom stereocenters. The summed E-state index contributed by atoms with van der Waals surface area (Å²) in [6, 6.07) is 0. The standard InChI is InChI=1S/C16H22O8/c1-9-8-16(21)24-11(3)13(18)5-7-15(20)23-10(2)12(17)4-6-14(19)22-9/h4-7,9-13,17-18H,8H2,1-3H3/b6-4-,7-5-. The average Bonchev–Trinajstić information content (AvgIpc) is 2.48. The molecule has 5 atom stereocenters. The molecule has 0 spiro atoms. The molecular formula is C16H22O8. The van der Waals surface area contributed by atoms with E-state index in [9.17, 15) is 24.6 Å². The summed E-state index contributed by atoms with van der Waals surface area (Å²) in [5.74, 6) is -2.22. The molecule has 0 amide bonds. The van der Waals surface area contributed by atoms with Gasteiger partial charge in [-0.2, -0.15) is 0 Å². The van der Waals surface area contributed by atoms with Crippen LogP contribution < -0.4 is 0 Å². The number of aliphatic hydroxyl groups excluding tert-OH is 2. The summed E-state index contributed by atoms with van der Waals surface area (Å²) in [6.07, 6.45) is -0.961. The molecule has 8 nitrogen and oxygen atoms in total. The van der Waals surface area contributed by atoms with Crippen LogP contribution >= 0.6 is 0 Å². The monoisotopic (exact) mass is 342 g/mol. The van der Waals surface area contributed by atoms with Gasteiger partial charge in [0.2, 0.25) is 0 Å². The first-order chi connectivity index (χ1) is 11.2. The van der Waals surface area contributed by atoms with Gasteiger partial charge < -0.3 is 24.4 Å². The van der Waals surface area contributed by atoms with E-state index in [4.69, 9.17) is 14.2 Å². The van der Waals surface area contributed by atoms with Crippen molar-refractivity contribution in [1.29, 1.82) is 0 Å². The Morgan fingerprint density at radius 2 is 1.29 bits per heavy atom. The summed E-state index contributed by atoms with van der Waals surface area (Å²) >= 11 is 0. The van der Waals surface area contributed by atoms with Gasteiger partial charge in [0.05, 0.1) is 6.42 Å². The predicted molar refractivity (Wildman–Crippen MR) is 81.6 cm³/mol. The summed E-state index contributed by atoms with van der Waals surface area (Å²) < 4.78 is 14.9. The van der Waals surface area contributed by atoms with Crippen molar-refractivity contribution in [1.82, 2.24) is 0 Å². The van der Waals surface area contributed by atoms with Crippen molar-refractivity contribution in [2.75, 3.05) is 0 Å². The fraction of sp³-hybridized carbons (Fsp3) is 0.562. The topological polar surface area (TPSA) is 119 Å². The predicted octanol–water partition coefficient (Wildman–Crippen LogP) is 0.0194. The normalized spacial score (nSPS) is 36.2. The lowest BCUT2D eigenvalue weighted by molar-refractivity contribution is -0.157. The minimum atomic E-state index is -1.22. The van der Waals surface area contributed by atoms with Crippen LogP contribution in [0.5, 0.6) is 0 Å². The number of esters is 3. The Morgan fingerprint density at radius 1 is 0.833 bits per heavy atom. The summed E-state index contributed by atoms with van der Waals surface area (Å²) in [6.45, 7) is 4.41. The SMILES string of the molecule is CC1CC(=O)OC(C)C(O)/C=C\C(=O)OC(C)C(O)/C=C\C(=O)O1. The van der Waals surface area contributed by atoms with Crippen molar-refractivity contribution in [3.8, 4) is 0 Å². The molecule has 0 aromatic heterocycles. The van der Waals surface area contributed by atoms with Crippen LogP contribution in [0.3, 0.4) is 0 Å². The Balaban J connectivity index is 2.91. The molecular weight excluding hydrogens is 320 g/mol. The van der Waals surface area contributed by atoms with Gasteiger partial charge >= 0.3 is 17.9 Å². The van der Waals surface area contributed by atoms with Gasteiger partial charge in [0.25, 0.3) is 0 Å². The number of hydrogen-bond acceptors (Lipinski definition) is 8. The van der Waals surface area contributed by atoms with Gasteiger partial charge in [-0.1, -0.05) is 0 Å². The lowest BCUT2D eigenvalue weighted by atomic mass is 10.2. The molecule has 8 heteroatoms. The van der Waals surface area contributed by atoms with Crippen molar-refractivity contribution in [2.24, 2.45) is 0 Å². The quantitative estimate of drug-likeness (QED) is 0.467. The highest BCUT2D eigenvalue weighted by Crippen LogP contribution is 2.08. The number of cyclic esters (lactones) is 3. The molecule has 0 aromatic carbocycles. The second kappa shape index (κ2) is 9.19. The molecule has 1 aliphatic rings. The number of carbonyl (C=O) groups is 3. The molecule has 0 fully saturated rings. The van der Waals surface area contributed by atoms with Crippen LogP contribution in [0.1, 0.15) is 27.2 Å². The van der Waals surface area contributed by atoms with E-state index in [1.165, 1.54) is 20.8 Å². The summed E-state index contributed by atoms with van der Waals surface area (Å²) in [7, 11) is 0. The molecule has 134 valence electrons. The second-order valence-electron chi connectivity index (χ2n) is 5.49. The molecule has 1 aliphatic heterocycles. The molecule has 0 saturated heterocycles. The minimum Gasteiger partial charge on any atom is -0.459 e. The van der Waals surface area contributed by atoms with Crippen LogP contribution in [0.4, 0.5) is 0 Å². The summed E-state index contributed by atoms with van der Waals surface area (Å²) in [5, 5.41) is 19.6. The van der Waals surface area contributed by atoms with Gasteiger partial charge in [0.15, 0.2) is 0 Å². The van der Waals surface area contributed by atoms with Crippen LogP contribution in [0.25, 0.3) is 0 Å². The number of rotatable bonds is 0. The number of ether oxygens (including phenoxy) is 3. The van der Waals surface area contributed by atoms with Gasteiger partial charge in [-0.3, -0.25) is 4.79 Å². The molecule has 0 saturated carbocycles. The van der Waals surface area contributed by atoms with Crippen LogP contribution in [-0.4, -0.2) is 58.6 Å². The van der Waals surface area contributed by atoms with Gasteiger partial charge in [-0.15, -0.1) is 0 Å². The Hall–Kier alpha value is -2.19. The highest BCUT2D eigenvalue weighted by Gasteiger charge is 2.21. The third-order valence-electron chi connectivity index (χ3n) is 3.21. The zero-order valence-corrected chi connectivity index (χ0v) is 13.7. The average molecular weight is 342 g/mol. The molecule has 24 heavy (non-hydrogen) atoms. The highest BCUT2D eigenvalue weighted by molar-refractivity contribution is 5.83. The molecule has 0 bridgehead atoms. The maximum absolute atomic E-state index is 11.7. The van der Waals surface area contributed by atoms with E-state index >= 15 is 0 Å². The Morgan fingerprint density at radius 3 is 1.83 bits per heavy atom. The van der Waals surface area contributed by atoms with E-state index < -0.39 is 48.4 Å². The molecule has 1 heterocycles. The van der Waals surface area contributed by atoms with E-state index in [1.54, 1.807) is 0 Å². The molecule has 1 rings (SSSR count). The number of carbonyl (C=O) groups excluding carboxylic acids is 3. The maximum Gasteiger partial charge on any atom is 0.330 e. The van der Waals surface area contributed by atoms with Gasteiger partial charge in [0.1, 0.15) is 30.5 Å².